The zero-order valence-corrected chi connectivity index (χ0v) is 26.7. The number of hydrogen-bond acceptors (Lipinski definition) is 9. The predicted molar refractivity (Wildman–Crippen MR) is 170 cm³/mol. The molecule has 0 bridgehead atoms. The number of benzene rings is 3. The maximum absolute atomic E-state index is 15.7. The summed E-state index contributed by atoms with van der Waals surface area (Å²) < 4.78 is 63.4. The van der Waals surface area contributed by atoms with Gasteiger partial charge in [-0.05, 0) is 54.1 Å². The molecular weight excluding hydrogens is 632 g/mol. The average molecular weight is 666 g/mol. The van der Waals surface area contributed by atoms with E-state index in [2.05, 4.69) is 25.9 Å². The van der Waals surface area contributed by atoms with Crippen LogP contribution in [-0.4, -0.2) is 58.1 Å². The van der Waals surface area contributed by atoms with Crippen molar-refractivity contribution in [2.45, 2.75) is 43.8 Å². The van der Waals surface area contributed by atoms with Crippen molar-refractivity contribution in [2.24, 2.45) is 0 Å². The van der Waals surface area contributed by atoms with Crippen molar-refractivity contribution in [3.05, 3.63) is 122 Å². The lowest BCUT2D eigenvalue weighted by Crippen LogP contribution is -2.45. The molecule has 0 spiro atoms. The van der Waals surface area contributed by atoms with E-state index in [1.54, 1.807) is 0 Å². The van der Waals surface area contributed by atoms with Crippen molar-refractivity contribution in [3.8, 4) is 16.9 Å². The van der Waals surface area contributed by atoms with Crippen molar-refractivity contribution >= 4 is 9.84 Å². The Kier molecular flexibility index (Phi) is 10.1. The summed E-state index contributed by atoms with van der Waals surface area (Å²) in [6, 6.07) is 16.5. The molecule has 5 aromatic rings. The van der Waals surface area contributed by atoms with Crippen molar-refractivity contribution in [2.75, 3.05) is 19.9 Å². The minimum absolute atomic E-state index is 0.0241. The summed E-state index contributed by atoms with van der Waals surface area (Å²) in [6.45, 7) is 1.18. The molecule has 3 aromatic carbocycles. The molecule has 15 heteroatoms. The Morgan fingerprint density at radius 3 is 2.43 bits per heavy atom. The second-order valence-electron chi connectivity index (χ2n) is 10.9. The van der Waals surface area contributed by atoms with E-state index in [-0.39, 0.29) is 39.6 Å². The van der Waals surface area contributed by atoms with Gasteiger partial charge in [-0.25, -0.2) is 27.1 Å². The van der Waals surface area contributed by atoms with Crippen LogP contribution >= 0.6 is 0 Å². The third-order valence-electron chi connectivity index (χ3n) is 7.87. The molecule has 0 saturated carbocycles. The molecule has 5 rings (SSSR count). The minimum Gasteiger partial charge on any atom is -0.494 e. The SMILES string of the molecule is COc1cccc(-c2c(C)n(Cc3c(F)cccc3S(C)(=O)=O)c(=O)n(C[C@H](NCCCc3nnn[nH]3)c3ccccc3)c2=O)c1F. The van der Waals surface area contributed by atoms with Crippen LogP contribution in [0.25, 0.3) is 11.1 Å². The summed E-state index contributed by atoms with van der Waals surface area (Å²) in [4.78, 5) is 28.1. The highest BCUT2D eigenvalue weighted by Crippen LogP contribution is 2.29. The molecule has 1 atom stereocenters. The number of rotatable bonds is 13. The van der Waals surface area contributed by atoms with Crippen LogP contribution in [0.3, 0.4) is 0 Å². The van der Waals surface area contributed by atoms with Crippen LogP contribution in [-0.2, 0) is 29.3 Å². The highest BCUT2D eigenvalue weighted by atomic mass is 32.2. The van der Waals surface area contributed by atoms with Gasteiger partial charge in [-0.3, -0.25) is 13.9 Å². The molecule has 0 fully saturated rings. The average Bonchev–Trinajstić information content (AvgIpc) is 3.57. The molecule has 0 saturated heterocycles. The van der Waals surface area contributed by atoms with Gasteiger partial charge in [0, 0.05) is 29.5 Å². The molecule has 0 amide bonds. The van der Waals surface area contributed by atoms with Gasteiger partial charge in [0.15, 0.2) is 21.4 Å². The van der Waals surface area contributed by atoms with Crippen LogP contribution in [0.15, 0.2) is 81.2 Å². The maximum atomic E-state index is 15.7. The van der Waals surface area contributed by atoms with E-state index in [9.17, 15) is 18.0 Å². The monoisotopic (exact) mass is 665 g/mol. The molecule has 0 aliphatic carbocycles. The smallest absolute Gasteiger partial charge is 0.331 e. The van der Waals surface area contributed by atoms with Gasteiger partial charge >= 0.3 is 5.69 Å². The Labute approximate surface area is 269 Å². The number of aryl methyl sites for hydroxylation is 1. The second-order valence-corrected chi connectivity index (χ2v) is 12.9. The van der Waals surface area contributed by atoms with E-state index in [4.69, 9.17) is 4.74 Å². The summed E-state index contributed by atoms with van der Waals surface area (Å²) in [5, 5.41) is 17.1. The zero-order valence-electron chi connectivity index (χ0n) is 25.9. The molecular formula is C32H33F2N7O5S. The van der Waals surface area contributed by atoms with Gasteiger partial charge < -0.3 is 10.1 Å². The minimum atomic E-state index is -3.91. The number of ether oxygens (including phenoxy) is 1. The van der Waals surface area contributed by atoms with Gasteiger partial charge in [0.2, 0.25) is 0 Å². The number of aromatic nitrogens is 6. The van der Waals surface area contributed by atoms with E-state index in [1.807, 2.05) is 30.3 Å². The number of nitrogens with one attached hydrogen (secondary N) is 2. The van der Waals surface area contributed by atoms with E-state index in [0.717, 1.165) is 27.0 Å². The third-order valence-corrected chi connectivity index (χ3v) is 9.05. The van der Waals surface area contributed by atoms with Crippen molar-refractivity contribution in [1.29, 1.82) is 0 Å². The summed E-state index contributed by atoms with van der Waals surface area (Å²) in [5.41, 5.74) is -1.34. The van der Waals surface area contributed by atoms with Gasteiger partial charge in [-0.1, -0.05) is 48.5 Å². The number of nitrogens with zero attached hydrogens (tertiary/aromatic N) is 5. The standard InChI is InChI=1S/C32H33F2N7O5S/c1-20-29(22-12-7-14-26(46-2)30(22)34)31(42)41(32(43)40(20)18-23-24(33)13-8-15-27(23)47(3,44)45)19-25(21-10-5-4-6-11-21)35-17-9-16-28-36-38-39-37-28/h4-8,10-15,25,35H,9,16-19H2,1-3H3,(H,36,37,38,39)/t25-/m0/s1. The van der Waals surface area contributed by atoms with Gasteiger partial charge in [0.1, 0.15) is 11.6 Å². The van der Waals surface area contributed by atoms with E-state index < -0.39 is 45.3 Å². The molecule has 2 heterocycles. The van der Waals surface area contributed by atoms with Crippen LogP contribution in [0, 0.1) is 18.6 Å². The highest BCUT2D eigenvalue weighted by Gasteiger charge is 2.26. The summed E-state index contributed by atoms with van der Waals surface area (Å²) >= 11 is 0. The van der Waals surface area contributed by atoms with Gasteiger partial charge in [0.25, 0.3) is 5.56 Å². The molecule has 12 nitrogen and oxygen atoms in total. The second kappa shape index (κ2) is 14.2. The van der Waals surface area contributed by atoms with E-state index in [1.165, 1.54) is 44.4 Å². The molecule has 0 radical (unpaired) electrons. The summed E-state index contributed by atoms with van der Waals surface area (Å²) in [6.07, 6.45) is 2.10. The fraction of sp³-hybridized carbons (Fsp3) is 0.281. The Hall–Kier alpha value is -5.02. The molecule has 2 aromatic heterocycles. The fourth-order valence-electron chi connectivity index (χ4n) is 5.49. The highest BCUT2D eigenvalue weighted by molar-refractivity contribution is 7.90. The van der Waals surface area contributed by atoms with Crippen molar-refractivity contribution in [3.63, 3.8) is 0 Å². The Morgan fingerprint density at radius 2 is 1.74 bits per heavy atom. The first-order chi connectivity index (χ1) is 22.5. The third kappa shape index (κ3) is 7.20. The first-order valence-electron chi connectivity index (χ1n) is 14.7. The molecule has 0 aliphatic heterocycles. The van der Waals surface area contributed by atoms with Crippen molar-refractivity contribution in [1.82, 2.24) is 35.1 Å². The number of H-pyrrole nitrogens is 1. The van der Waals surface area contributed by atoms with E-state index >= 15 is 8.78 Å². The molecule has 0 aliphatic rings. The Bertz CT molecular complexity index is 2100. The first-order valence-corrected chi connectivity index (χ1v) is 16.6. The van der Waals surface area contributed by atoms with Gasteiger partial charge in [-0.15, -0.1) is 5.10 Å². The number of methoxy groups -OCH3 is 1. The lowest BCUT2D eigenvalue weighted by atomic mass is 10.0. The predicted octanol–water partition coefficient (Wildman–Crippen LogP) is 3.20. The van der Waals surface area contributed by atoms with E-state index in [0.29, 0.717) is 25.2 Å². The lowest BCUT2D eigenvalue weighted by Gasteiger charge is -2.23. The van der Waals surface area contributed by atoms with Crippen LogP contribution in [0.4, 0.5) is 8.78 Å². The molecule has 47 heavy (non-hydrogen) atoms. The first kappa shape index (κ1) is 33.3. The van der Waals surface area contributed by atoms with Gasteiger partial charge in [-0.2, -0.15) is 0 Å². The molecule has 246 valence electrons. The largest absolute Gasteiger partial charge is 0.494 e. The number of hydrogen-bond donors (Lipinski definition) is 2. The molecule has 0 unspecified atom stereocenters. The zero-order chi connectivity index (χ0) is 33.7. The van der Waals surface area contributed by atoms with Gasteiger partial charge in [0.05, 0.1) is 36.7 Å². The Morgan fingerprint density at radius 1 is 1.00 bits per heavy atom. The van der Waals surface area contributed by atoms with Crippen LogP contribution < -0.4 is 21.3 Å². The quantitative estimate of drug-likeness (QED) is 0.181. The number of sulfone groups is 1. The summed E-state index contributed by atoms with van der Waals surface area (Å²) in [5.74, 6) is -1.19. The van der Waals surface area contributed by atoms with Crippen LogP contribution in [0.5, 0.6) is 5.75 Å². The maximum Gasteiger partial charge on any atom is 0.331 e. The van der Waals surface area contributed by atoms with Crippen LogP contribution in [0.2, 0.25) is 0 Å². The van der Waals surface area contributed by atoms with Crippen molar-refractivity contribution < 1.29 is 21.9 Å². The topological polar surface area (TPSA) is 154 Å². The number of tetrazole rings is 1. The molecule has 2 N–H and O–H groups in total. The van der Waals surface area contributed by atoms with Crippen LogP contribution in [0.1, 0.15) is 35.1 Å². The summed E-state index contributed by atoms with van der Waals surface area (Å²) in [7, 11) is -2.62. The normalized spacial score (nSPS) is 12.3. The Balaban J connectivity index is 1.66. The number of aromatic amines is 1. The fourth-order valence-corrected chi connectivity index (χ4v) is 6.43. The lowest BCUT2D eigenvalue weighted by molar-refractivity contribution is 0.387. The number of halogens is 2.